The Morgan fingerprint density at radius 1 is 1.27 bits per heavy atom. The third-order valence-electron chi connectivity index (χ3n) is 5.35. The number of nitrogens with zero attached hydrogens (tertiary/aromatic N) is 4. The number of hydrogen-bond acceptors (Lipinski definition) is 6. The van der Waals surface area contributed by atoms with Crippen LogP contribution in [0.2, 0.25) is 0 Å². The summed E-state index contributed by atoms with van der Waals surface area (Å²) in [5, 5.41) is 7.07. The van der Waals surface area contributed by atoms with Crippen LogP contribution in [0.25, 0.3) is 5.65 Å². The molecule has 0 radical (unpaired) electrons. The first kappa shape index (κ1) is 19.9. The predicted octanol–water partition coefficient (Wildman–Crippen LogP) is 2.44. The Labute approximate surface area is 174 Å². The Balaban J connectivity index is 1.35. The average molecular weight is 410 g/mol. The van der Waals surface area contributed by atoms with Gasteiger partial charge in [-0.15, -0.1) is 0 Å². The van der Waals surface area contributed by atoms with E-state index < -0.39 is 6.09 Å². The van der Waals surface area contributed by atoms with Gasteiger partial charge in [-0.1, -0.05) is 44.2 Å². The van der Waals surface area contributed by atoms with Gasteiger partial charge >= 0.3 is 11.8 Å². The van der Waals surface area contributed by atoms with Gasteiger partial charge in [0.2, 0.25) is 5.95 Å². The first-order valence-corrected chi connectivity index (χ1v) is 10.2. The topological polar surface area (TPSA) is 105 Å². The highest BCUT2D eigenvalue weighted by Gasteiger charge is 2.24. The molecule has 2 aromatic heterocycles. The summed E-state index contributed by atoms with van der Waals surface area (Å²) >= 11 is 0. The Kier molecular flexibility index (Phi) is 5.69. The number of aromatic nitrogens is 4. The fourth-order valence-corrected chi connectivity index (χ4v) is 3.62. The molecule has 0 saturated carbocycles. The number of nitrogens with one attached hydrogen (secondary N) is 2. The van der Waals surface area contributed by atoms with Crippen molar-refractivity contribution < 1.29 is 9.53 Å². The summed E-state index contributed by atoms with van der Waals surface area (Å²) in [4.78, 5) is 34.0. The minimum absolute atomic E-state index is 0.0289. The number of hydrogen-bond donors (Lipinski definition) is 2. The summed E-state index contributed by atoms with van der Waals surface area (Å²) in [6.07, 6.45) is 2.77. The van der Waals surface area contributed by atoms with Crippen molar-refractivity contribution in [2.75, 3.05) is 18.0 Å². The van der Waals surface area contributed by atoms with Crippen LogP contribution in [0.5, 0.6) is 0 Å². The fourth-order valence-electron chi connectivity index (χ4n) is 3.62. The van der Waals surface area contributed by atoms with E-state index in [0.29, 0.717) is 24.7 Å². The Bertz CT molecular complexity index is 1070. The quantitative estimate of drug-likeness (QED) is 0.669. The highest BCUT2D eigenvalue weighted by Crippen LogP contribution is 2.20. The zero-order chi connectivity index (χ0) is 21.1. The van der Waals surface area contributed by atoms with Crippen molar-refractivity contribution in [2.45, 2.75) is 45.3 Å². The second-order valence-electron chi connectivity index (χ2n) is 7.82. The lowest BCUT2D eigenvalue weighted by molar-refractivity contribution is 0.134. The minimum atomic E-state index is -0.411. The molecule has 1 amide bonds. The monoisotopic (exact) mass is 410 g/mol. The summed E-state index contributed by atoms with van der Waals surface area (Å²) in [6, 6.07) is 9.62. The van der Waals surface area contributed by atoms with Gasteiger partial charge < -0.3 is 15.0 Å². The van der Waals surface area contributed by atoms with Crippen molar-refractivity contribution in [3.8, 4) is 0 Å². The number of alkyl carbamates (subject to hydrolysis) is 1. The van der Waals surface area contributed by atoms with Crippen LogP contribution in [0.15, 0.2) is 41.3 Å². The summed E-state index contributed by atoms with van der Waals surface area (Å²) in [7, 11) is 0. The van der Waals surface area contributed by atoms with Crippen LogP contribution in [0.3, 0.4) is 0 Å². The molecule has 2 N–H and O–H groups in total. The maximum atomic E-state index is 12.4. The van der Waals surface area contributed by atoms with Gasteiger partial charge in [-0.25, -0.2) is 9.59 Å². The summed E-state index contributed by atoms with van der Waals surface area (Å²) in [6.45, 7) is 5.70. The molecule has 1 fully saturated rings. The van der Waals surface area contributed by atoms with E-state index in [1.807, 2.05) is 49.1 Å². The highest BCUT2D eigenvalue weighted by molar-refractivity contribution is 5.67. The van der Waals surface area contributed by atoms with Gasteiger partial charge in [-0.2, -0.15) is 14.6 Å². The van der Waals surface area contributed by atoms with E-state index >= 15 is 0 Å². The van der Waals surface area contributed by atoms with Gasteiger partial charge in [0.15, 0.2) is 5.65 Å². The van der Waals surface area contributed by atoms with Crippen LogP contribution in [0.1, 0.15) is 43.7 Å². The molecule has 0 atom stereocenters. The smallest absolute Gasteiger partial charge is 0.407 e. The van der Waals surface area contributed by atoms with Gasteiger partial charge in [-0.3, -0.25) is 4.98 Å². The van der Waals surface area contributed by atoms with E-state index in [2.05, 4.69) is 20.4 Å². The largest absolute Gasteiger partial charge is 0.445 e. The minimum Gasteiger partial charge on any atom is -0.445 e. The second-order valence-corrected chi connectivity index (χ2v) is 7.82. The normalized spacial score (nSPS) is 15.0. The van der Waals surface area contributed by atoms with Gasteiger partial charge in [-0.05, 0) is 24.3 Å². The molecule has 30 heavy (non-hydrogen) atoms. The number of aromatic amines is 1. The molecule has 0 unspecified atom stereocenters. The molecule has 9 heteroatoms. The zero-order valence-electron chi connectivity index (χ0n) is 17.2. The molecule has 1 aliphatic heterocycles. The van der Waals surface area contributed by atoms with Crippen LogP contribution in [-0.4, -0.2) is 44.8 Å². The second kappa shape index (κ2) is 8.56. The molecule has 1 aliphatic rings. The highest BCUT2D eigenvalue weighted by atomic mass is 16.5. The SMILES string of the molecule is CC(C)c1cnn2c(=O)[nH]c(N3CCC(NC(=O)OCc4ccccc4)CC3)nc12. The van der Waals surface area contributed by atoms with Crippen LogP contribution in [0.4, 0.5) is 10.7 Å². The number of benzene rings is 1. The van der Waals surface area contributed by atoms with E-state index in [-0.39, 0.29) is 24.3 Å². The van der Waals surface area contributed by atoms with E-state index in [4.69, 9.17) is 4.74 Å². The van der Waals surface area contributed by atoms with Gasteiger partial charge in [0.25, 0.3) is 0 Å². The lowest BCUT2D eigenvalue weighted by Crippen LogP contribution is -2.45. The number of carbonyl (C=O) groups excluding carboxylic acids is 1. The molecular weight excluding hydrogens is 384 g/mol. The van der Waals surface area contributed by atoms with Gasteiger partial charge in [0.05, 0.1) is 6.20 Å². The van der Waals surface area contributed by atoms with E-state index in [1.54, 1.807) is 6.20 Å². The molecule has 1 aromatic carbocycles. The number of fused-ring (bicyclic) bond motifs is 1. The Morgan fingerprint density at radius 3 is 2.70 bits per heavy atom. The standard InChI is InChI=1S/C21H26N6O3/c1-14(2)17-12-22-27-18(17)24-19(25-20(27)28)26-10-8-16(9-11-26)23-21(29)30-13-15-6-4-3-5-7-15/h3-7,12,14,16H,8-11,13H2,1-2H3,(H,23,29)(H,24,25,28). The zero-order valence-corrected chi connectivity index (χ0v) is 17.2. The van der Waals surface area contributed by atoms with Crippen LogP contribution < -0.4 is 15.9 Å². The third kappa shape index (κ3) is 4.29. The molecular formula is C21H26N6O3. The Hall–Kier alpha value is -3.36. The van der Waals surface area contributed by atoms with E-state index in [0.717, 1.165) is 24.0 Å². The number of carbonyl (C=O) groups is 1. The molecule has 9 nitrogen and oxygen atoms in total. The maximum Gasteiger partial charge on any atom is 0.407 e. The number of ether oxygens (including phenoxy) is 1. The van der Waals surface area contributed by atoms with Gasteiger partial charge in [0.1, 0.15) is 6.61 Å². The summed E-state index contributed by atoms with van der Waals surface area (Å²) < 4.78 is 6.60. The van der Waals surface area contributed by atoms with Crippen LogP contribution in [0, 0.1) is 0 Å². The van der Waals surface area contributed by atoms with E-state index in [9.17, 15) is 9.59 Å². The molecule has 158 valence electrons. The third-order valence-corrected chi connectivity index (χ3v) is 5.35. The maximum absolute atomic E-state index is 12.4. The number of amides is 1. The Morgan fingerprint density at radius 2 is 2.00 bits per heavy atom. The molecule has 4 rings (SSSR count). The molecule has 0 spiro atoms. The lowest BCUT2D eigenvalue weighted by Gasteiger charge is -2.32. The number of rotatable bonds is 5. The molecule has 0 bridgehead atoms. The number of H-pyrrole nitrogens is 1. The number of piperidine rings is 1. The molecule has 3 aromatic rings. The van der Waals surface area contributed by atoms with Crippen molar-refractivity contribution >= 4 is 17.7 Å². The summed E-state index contributed by atoms with van der Waals surface area (Å²) in [5.74, 6) is 0.765. The van der Waals surface area contributed by atoms with Gasteiger partial charge in [0, 0.05) is 24.7 Å². The first-order valence-electron chi connectivity index (χ1n) is 10.2. The molecule has 0 aliphatic carbocycles. The van der Waals surface area contributed by atoms with Crippen LogP contribution >= 0.6 is 0 Å². The molecule has 3 heterocycles. The average Bonchev–Trinajstić information content (AvgIpc) is 3.18. The lowest BCUT2D eigenvalue weighted by atomic mass is 10.1. The van der Waals surface area contributed by atoms with Crippen molar-refractivity contribution in [3.05, 3.63) is 58.1 Å². The first-order chi connectivity index (χ1) is 14.5. The van der Waals surface area contributed by atoms with Crippen LogP contribution in [-0.2, 0) is 11.3 Å². The number of anilines is 1. The van der Waals surface area contributed by atoms with Crippen molar-refractivity contribution in [1.82, 2.24) is 24.9 Å². The predicted molar refractivity (Wildman–Crippen MR) is 113 cm³/mol. The summed E-state index contributed by atoms with van der Waals surface area (Å²) in [5.41, 5.74) is 2.19. The van der Waals surface area contributed by atoms with E-state index in [1.165, 1.54) is 4.52 Å². The fraction of sp³-hybridized carbons (Fsp3) is 0.429. The van der Waals surface area contributed by atoms with Crippen molar-refractivity contribution in [1.29, 1.82) is 0 Å². The molecule has 1 saturated heterocycles. The van der Waals surface area contributed by atoms with Crippen molar-refractivity contribution in [2.24, 2.45) is 0 Å². The van der Waals surface area contributed by atoms with Crippen molar-refractivity contribution in [3.63, 3.8) is 0 Å².